The van der Waals surface area contributed by atoms with E-state index in [9.17, 15) is 9.90 Å². The lowest BCUT2D eigenvalue weighted by Crippen LogP contribution is -2.37. The second-order valence-corrected chi connectivity index (χ2v) is 11.9. The van der Waals surface area contributed by atoms with Crippen LogP contribution >= 0.6 is 0 Å². The average molecular weight is 560 g/mol. The van der Waals surface area contributed by atoms with Gasteiger partial charge in [-0.1, -0.05) is 92.6 Å². The predicted molar refractivity (Wildman–Crippen MR) is 170 cm³/mol. The normalized spacial score (nSPS) is 15.3. The summed E-state index contributed by atoms with van der Waals surface area (Å²) in [4.78, 5) is 19.0. The van der Waals surface area contributed by atoms with E-state index in [0.717, 1.165) is 61.0 Å². The minimum Gasteiger partial charge on any atom is -0.394 e. The van der Waals surface area contributed by atoms with E-state index in [1.165, 1.54) is 33.3 Å². The zero-order chi connectivity index (χ0) is 29.2. The standard InChI is InChI=1S/C37H41N3O2/c1-4-32-24(2)25(3)40-34-17-11-10-16-30(34)31(36(40)38-32)22-26-18-20-29(21-19-26)35(28-14-8-9-15-28)37(42)39-33(23-41)27-12-6-5-7-13-27/h5-7,10-13,16-21,28,33,35,41H,4,8-9,14-15,22-23H2,1-3H3,(H,39,42). The number of rotatable bonds is 9. The van der Waals surface area contributed by atoms with Crippen LogP contribution in [0.15, 0.2) is 78.9 Å². The fraction of sp³-hybridized carbons (Fsp3) is 0.351. The molecule has 5 nitrogen and oxygen atoms in total. The monoisotopic (exact) mass is 559 g/mol. The topological polar surface area (TPSA) is 66.6 Å². The Morgan fingerprint density at radius 3 is 2.33 bits per heavy atom. The molecule has 5 heteroatoms. The SMILES string of the molecule is CCc1nc2c(Cc3ccc(C(C(=O)NC(CO)c4ccccc4)C4CCCC4)cc3)c3ccccc3n2c(C)c1C. The molecule has 1 fully saturated rings. The highest BCUT2D eigenvalue weighted by Gasteiger charge is 2.33. The van der Waals surface area contributed by atoms with Gasteiger partial charge in [0.1, 0.15) is 5.65 Å². The molecule has 0 saturated heterocycles. The fourth-order valence-electron chi connectivity index (χ4n) is 7.01. The van der Waals surface area contributed by atoms with Crippen LogP contribution in [0.25, 0.3) is 16.6 Å². The Labute approximate surface area is 248 Å². The average Bonchev–Trinajstić information content (AvgIpc) is 3.66. The number of aromatic nitrogens is 2. The molecule has 2 atom stereocenters. The second-order valence-electron chi connectivity index (χ2n) is 11.9. The van der Waals surface area contributed by atoms with Gasteiger partial charge in [0.05, 0.1) is 24.1 Å². The smallest absolute Gasteiger partial charge is 0.228 e. The quantitative estimate of drug-likeness (QED) is 0.198. The maximum Gasteiger partial charge on any atom is 0.228 e. The first-order valence-electron chi connectivity index (χ1n) is 15.4. The van der Waals surface area contributed by atoms with E-state index in [4.69, 9.17) is 4.98 Å². The van der Waals surface area contributed by atoms with Crippen molar-refractivity contribution in [2.75, 3.05) is 6.61 Å². The molecular weight excluding hydrogens is 518 g/mol. The highest BCUT2D eigenvalue weighted by Crippen LogP contribution is 2.38. The van der Waals surface area contributed by atoms with E-state index in [-0.39, 0.29) is 18.4 Å². The number of carbonyl (C=O) groups is 1. The number of aliphatic hydroxyl groups is 1. The highest BCUT2D eigenvalue weighted by atomic mass is 16.3. The van der Waals surface area contributed by atoms with Gasteiger partial charge in [-0.2, -0.15) is 0 Å². The van der Waals surface area contributed by atoms with Crippen molar-refractivity contribution in [3.05, 3.63) is 118 Å². The number of aryl methyl sites for hydroxylation is 2. The van der Waals surface area contributed by atoms with Crippen molar-refractivity contribution in [2.45, 2.75) is 71.3 Å². The van der Waals surface area contributed by atoms with Crippen LogP contribution in [-0.4, -0.2) is 27.0 Å². The number of hydrogen-bond donors (Lipinski definition) is 2. The van der Waals surface area contributed by atoms with Gasteiger partial charge in [0.2, 0.25) is 5.91 Å². The van der Waals surface area contributed by atoms with Crippen LogP contribution in [0, 0.1) is 19.8 Å². The molecule has 0 bridgehead atoms. The van der Waals surface area contributed by atoms with Crippen molar-refractivity contribution in [3.63, 3.8) is 0 Å². The minimum atomic E-state index is -0.411. The Balaban J connectivity index is 1.32. The number of hydrogen-bond acceptors (Lipinski definition) is 3. The molecule has 2 aromatic heterocycles. The maximum atomic E-state index is 13.8. The molecule has 1 amide bonds. The molecule has 2 N–H and O–H groups in total. The molecule has 0 radical (unpaired) electrons. The van der Waals surface area contributed by atoms with Gasteiger partial charge < -0.3 is 10.4 Å². The molecular formula is C37H41N3O2. The van der Waals surface area contributed by atoms with Crippen LogP contribution < -0.4 is 5.32 Å². The molecule has 1 aliphatic carbocycles. The zero-order valence-corrected chi connectivity index (χ0v) is 24.9. The summed E-state index contributed by atoms with van der Waals surface area (Å²) in [5, 5.41) is 14.5. The van der Waals surface area contributed by atoms with Crippen LogP contribution in [0.4, 0.5) is 0 Å². The van der Waals surface area contributed by atoms with Crippen LogP contribution in [0.5, 0.6) is 0 Å². The van der Waals surface area contributed by atoms with Crippen LogP contribution in [0.2, 0.25) is 0 Å². The third-order valence-electron chi connectivity index (χ3n) is 9.41. The van der Waals surface area contributed by atoms with Crippen LogP contribution in [0.3, 0.4) is 0 Å². The van der Waals surface area contributed by atoms with Gasteiger partial charge >= 0.3 is 0 Å². The Kier molecular flexibility index (Phi) is 8.12. The lowest BCUT2D eigenvalue weighted by Gasteiger charge is -2.26. The molecule has 42 heavy (non-hydrogen) atoms. The van der Waals surface area contributed by atoms with Crippen molar-refractivity contribution in [1.29, 1.82) is 0 Å². The Bertz CT molecular complexity index is 1700. The number of amides is 1. The summed E-state index contributed by atoms with van der Waals surface area (Å²) in [5.41, 5.74) is 10.3. The molecule has 5 aromatic rings. The molecule has 1 aliphatic rings. The van der Waals surface area contributed by atoms with E-state index in [1.54, 1.807) is 0 Å². The number of benzene rings is 3. The van der Waals surface area contributed by atoms with E-state index in [0.29, 0.717) is 5.92 Å². The van der Waals surface area contributed by atoms with Crippen molar-refractivity contribution in [3.8, 4) is 0 Å². The van der Waals surface area contributed by atoms with Crippen molar-refractivity contribution < 1.29 is 9.90 Å². The molecule has 2 heterocycles. The lowest BCUT2D eigenvalue weighted by molar-refractivity contribution is -0.124. The van der Waals surface area contributed by atoms with Crippen molar-refractivity contribution in [2.24, 2.45) is 5.92 Å². The lowest BCUT2D eigenvalue weighted by atomic mass is 9.83. The second kappa shape index (κ2) is 12.1. The molecule has 2 unspecified atom stereocenters. The summed E-state index contributed by atoms with van der Waals surface area (Å²) in [7, 11) is 0. The zero-order valence-electron chi connectivity index (χ0n) is 24.9. The van der Waals surface area contributed by atoms with Gasteiger partial charge in [-0.25, -0.2) is 4.98 Å². The number of para-hydroxylation sites is 1. The maximum absolute atomic E-state index is 13.8. The van der Waals surface area contributed by atoms with Gasteiger partial charge in [0.25, 0.3) is 0 Å². The largest absolute Gasteiger partial charge is 0.394 e. The summed E-state index contributed by atoms with van der Waals surface area (Å²) >= 11 is 0. The molecule has 216 valence electrons. The number of fused-ring (bicyclic) bond motifs is 3. The predicted octanol–water partition coefficient (Wildman–Crippen LogP) is 7.38. The van der Waals surface area contributed by atoms with Crippen LogP contribution in [0.1, 0.15) is 83.8 Å². The number of nitrogens with one attached hydrogen (secondary N) is 1. The number of nitrogens with zero attached hydrogens (tertiary/aromatic N) is 2. The molecule has 0 aliphatic heterocycles. The van der Waals surface area contributed by atoms with E-state index in [1.807, 2.05) is 30.3 Å². The summed E-state index contributed by atoms with van der Waals surface area (Å²) in [5.74, 6) is 0.0900. The summed E-state index contributed by atoms with van der Waals surface area (Å²) in [6, 6.07) is 26.6. The number of aliphatic hydroxyl groups excluding tert-OH is 1. The first kappa shape index (κ1) is 28.2. The Morgan fingerprint density at radius 2 is 1.64 bits per heavy atom. The summed E-state index contributed by atoms with van der Waals surface area (Å²) in [6.45, 7) is 6.42. The third-order valence-corrected chi connectivity index (χ3v) is 9.41. The summed E-state index contributed by atoms with van der Waals surface area (Å²) < 4.78 is 2.32. The highest BCUT2D eigenvalue weighted by molar-refractivity contribution is 5.92. The Hall–Kier alpha value is -3.96. The van der Waals surface area contributed by atoms with E-state index in [2.05, 4.69) is 79.0 Å². The van der Waals surface area contributed by atoms with E-state index < -0.39 is 6.04 Å². The fourth-order valence-corrected chi connectivity index (χ4v) is 7.01. The third kappa shape index (κ3) is 5.22. The van der Waals surface area contributed by atoms with Crippen molar-refractivity contribution >= 4 is 22.5 Å². The summed E-state index contributed by atoms with van der Waals surface area (Å²) in [6.07, 6.45) is 6.12. The van der Waals surface area contributed by atoms with Gasteiger partial charge in [0, 0.05) is 28.8 Å². The Morgan fingerprint density at radius 1 is 0.952 bits per heavy atom. The van der Waals surface area contributed by atoms with Gasteiger partial charge in [-0.3, -0.25) is 9.20 Å². The minimum absolute atomic E-state index is 0.00381. The van der Waals surface area contributed by atoms with E-state index >= 15 is 0 Å². The number of carbonyl (C=O) groups excluding carboxylic acids is 1. The van der Waals surface area contributed by atoms with Gasteiger partial charge in [-0.15, -0.1) is 0 Å². The first-order chi connectivity index (χ1) is 20.5. The first-order valence-corrected chi connectivity index (χ1v) is 15.4. The molecule has 0 spiro atoms. The van der Waals surface area contributed by atoms with Crippen molar-refractivity contribution in [1.82, 2.24) is 14.7 Å². The molecule has 6 rings (SSSR count). The molecule has 3 aromatic carbocycles. The molecule has 1 saturated carbocycles. The van der Waals surface area contributed by atoms with Crippen LogP contribution in [-0.2, 0) is 17.6 Å². The van der Waals surface area contributed by atoms with Gasteiger partial charge in [0.15, 0.2) is 0 Å². The van der Waals surface area contributed by atoms with Gasteiger partial charge in [-0.05, 0) is 67.3 Å².